The van der Waals surface area contributed by atoms with Crippen LogP contribution >= 0.6 is 0 Å². The average Bonchev–Trinajstić information content (AvgIpc) is 2.70. The molecule has 1 heterocycles. The van der Waals surface area contributed by atoms with Gasteiger partial charge in [-0.05, 0) is 52.0 Å². The van der Waals surface area contributed by atoms with Crippen LogP contribution in [0, 0.1) is 0 Å². The number of carboxylic acids is 1. The summed E-state index contributed by atoms with van der Waals surface area (Å²) < 4.78 is 1.88. The van der Waals surface area contributed by atoms with E-state index in [4.69, 9.17) is 5.73 Å². The molecule has 5 nitrogen and oxygen atoms in total. The number of nitrogens with two attached hydrogens (primary N) is 1. The molecular formula is C13H21N3O2. The fourth-order valence-electron chi connectivity index (χ4n) is 2.90. The SMILES string of the molecule is CC(C)n1nc(C(=O)O)c2c1CCCC2CCN. The minimum atomic E-state index is -0.922. The van der Waals surface area contributed by atoms with Gasteiger partial charge in [-0.1, -0.05) is 0 Å². The van der Waals surface area contributed by atoms with Crippen LogP contribution in [-0.2, 0) is 6.42 Å². The summed E-state index contributed by atoms with van der Waals surface area (Å²) in [5.74, 6) is -0.660. The molecule has 0 amide bonds. The van der Waals surface area contributed by atoms with Crippen molar-refractivity contribution in [1.29, 1.82) is 0 Å². The summed E-state index contributed by atoms with van der Waals surface area (Å²) in [7, 11) is 0. The second-order valence-electron chi connectivity index (χ2n) is 5.22. The van der Waals surface area contributed by atoms with Crippen molar-refractivity contribution < 1.29 is 9.90 Å². The molecule has 0 aliphatic heterocycles. The highest BCUT2D eigenvalue weighted by molar-refractivity contribution is 5.87. The summed E-state index contributed by atoms with van der Waals surface area (Å²) in [5.41, 5.74) is 7.91. The van der Waals surface area contributed by atoms with Crippen molar-refractivity contribution in [3.63, 3.8) is 0 Å². The number of carbonyl (C=O) groups is 1. The number of aromatic carboxylic acids is 1. The van der Waals surface area contributed by atoms with Crippen LogP contribution in [0.25, 0.3) is 0 Å². The lowest BCUT2D eigenvalue weighted by Crippen LogP contribution is -2.17. The third kappa shape index (κ3) is 2.14. The average molecular weight is 251 g/mol. The lowest BCUT2D eigenvalue weighted by Gasteiger charge is -2.24. The van der Waals surface area contributed by atoms with Crippen LogP contribution in [-0.4, -0.2) is 27.4 Å². The van der Waals surface area contributed by atoms with E-state index in [-0.39, 0.29) is 17.7 Å². The van der Waals surface area contributed by atoms with Crippen LogP contribution in [0.3, 0.4) is 0 Å². The number of fused-ring (bicyclic) bond motifs is 1. The minimum Gasteiger partial charge on any atom is -0.476 e. The first kappa shape index (κ1) is 13.1. The molecule has 0 bridgehead atoms. The van der Waals surface area contributed by atoms with E-state index in [0.29, 0.717) is 6.54 Å². The van der Waals surface area contributed by atoms with Gasteiger partial charge in [0.15, 0.2) is 5.69 Å². The molecule has 1 unspecified atom stereocenters. The molecule has 18 heavy (non-hydrogen) atoms. The fraction of sp³-hybridized carbons (Fsp3) is 0.692. The van der Waals surface area contributed by atoms with Crippen LogP contribution in [0.1, 0.15) is 66.8 Å². The zero-order valence-corrected chi connectivity index (χ0v) is 11.0. The summed E-state index contributed by atoms with van der Waals surface area (Å²) in [6.07, 6.45) is 3.88. The maximum Gasteiger partial charge on any atom is 0.356 e. The molecular weight excluding hydrogens is 230 g/mol. The Morgan fingerprint density at radius 2 is 2.33 bits per heavy atom. The highest BCUT2D eigenvalue weighted by atomic mass is 16.4. The summed E-state index contributed by atoms with van der Waals surface area (Å²) >= 11 is 0. The van der Waals surface area contributed by atoms with E-state index >= 15 is 0 Å². The van der Waals surface area contributed by atoms with Crippen LogP contribution in [0.5, 0.6) is 0 Å². The molecule has 1 atom stereocenters. The molecule has 1 aromatic heterocycles. The fourth-order valence-corrected chi connectivity index (χ4v) is 2.90. The summed E-state index contributed by atoms with van der Waals surface area (Å²) in [6, 6.07) is 0.198. The second-order valence-corrected chi connectivity index (χ2v) is 5.22. The first-order chi connectivity index (χ1) is 8.56. The van der Waals surface area contributed by atoms with Gasteiger partial charge in [-0.3, -0.25) is 4.68 Å². The monoisotopic (exact) mass is 251 g/mol. The van der Waals surface area contributed by atoms with E-state index in [1.807, 2.05) is 18.5 Å². The highest BCUT2D eigenvalue weighted by Gasteiger charge is 2.31. The van der Waals surface area contributed by atoms with Crippen molar-refractivity contribution in [2.24, 2.45) is 5.73 Å². The Hall–Kier alpha value is -1.36. The van der Waals surface area contributed by atoms with Gasteiger partial charge < -0.3 is 10.8 Å². The molecule has 0 saturated carbocycles. The van der Waals surface area contributed by atoms with Gasteiger partial charge in [0.25, 0.3) is 0 Å². The van der Waals surface area contributed by atoms with E-state index in [9.17, 15) is 9.90 Å². The highest BCUT2D eigenvalue weighted by Crippen LogP contribution is 2.37. The molecule has 5 heteroatoms. The lowest BCUT2D eigenvalue weighted by molar-refractivity contribution is 0.0687. The number of aromatic nitrogens is 2. The number of hydrogen-bond donors (Lipinski definition) is 2. The maximum absolute atomic E-state index is 11.4. The maximum atomic E-state index is 11.4. The zero-order valence-electron chi connectivity index (χ0n) is 11.0. The zero-order chi connectivity index (χ0) is 13.3. The standard InChI is InChI=1S/C13H21N3O2/c1-8(2)16-10-5-3-4-9(6-7-14)11(10)12(15-16)13(17)18/h8-9H,3-7,14H2,1-2H3,(H,17,18). The number of nitrogens with zero attached hydrogens (tertiary/aromatic N) is 2. The number of rotatable bonds is 4. The molecule has 0 aromatic carbocycles. The van der Waals surface area contributed by atoms with Crippen molar-refractivity contribution in [2.75, 3.05) is 6.54 Å². The van der Waals surface area contributed by atoms with Gasteiger partial charge in [-0.2, -0.15) is 5.10 Å². The summed E-state index contributed by atoms with van der Waals surface area (Å²) in [4.78, 5) is 11.4. The van der Waals surface area contributed by atoms with Crippen molar-refractivity contribution in [2.45, 2.75) is 51.5 Å². The number of hydrogen-bond acceptors (Lipinski definition) is 3. The largest absolute Gasteiger partial charge is 0.476 e. The van der Waals surface area contributed by atoms with E-state index in [1.165, 1.54) is 0 Å². The smallest absolute Gasteiger partial charge is 0.356 e. The van der Waals surface area contributed by atoms with Crippen molar-refractivity contribution in [1.82, 2.24) is 9.78 Å². The molecule has 0 spiro atoms. The Labute approximate surface area is 107 Å². The second kappa shape index (κ2) is 5.10. The van der Waals surface area contributed by atoms with Gasteiger partial charge >= 0.3 is 5.97 Å². The van der Waals surface area contributed by atoms with Crippen LogP contribution in [0.2, 0.25) is 0 Å². The predicted octanol–water partition coefficient (Wildman–Crippen LogP) is 1.93. The third-order valence-electron chi connectivity index (χ3n) is 3.63. The van der Waals surface area contributed by atoms with Gasteiger partial charge in [-0.15, -0.1) is 0 Å². The van der Waals surface area contributed by atoms with Crippen molar-refractivity contribution in [3.8, 4) is 0 Å². The Balaban J connectivity index is 2.53. The van der Waals surface area contributed by atoms with E-state index in [2.05, 4.69) is 5.10 Å². The number of carboxylic acid groups (broad SMARTS) is 1. The van der Waals surface area contributed by atoms with Crippen LogP contribution < -0.4 is 5.73 Å². The third-order valence-corrected chi connectivity index (χ3v) is 3.63. The van der Waals surface area contributed by atoms with Crippen molar-refractivity contribution >= 4 is 5.97 Å². The molecule has 1 aliphatic rings. The van der Waals surface area contributed by atoms with Gasteiger partial charge in [0, 0.05) is 17.3 Å². The summed E-state index contributed by atoms with van der Waals surface area (Å²) in [6.45, 7) is 4.66. The van der Waals surface area contributed by atoms with Crippen LogP contribution in [0.4, 0.5) is 0 Å². The van der Waals surface area contributed by atoms with Crippen LogP contribution in [0.15, 0.2) is 0 Å². The molecule has 2 rings (SSSR count). The van der Waals surface area contributed by atoms with E-state index in [0.717, 1.165) is 36.9 Å². The molecule has 3 N–H and O–H groups in total. The molecule has 1 aliphatic carbocycles. The molecule has 1 aromatic rings. The minimum absolute atomic E-state index is 0.198. The summed E-state index contributed by atoms with van der Waals surface area (Å²) in [5, 5.41) is 13.6. The normalized spacial score (nSPS) is 19.0. The molecule has 0 fully saturated rings. The Bertz CT molecular complexity index is 451. The van der Waals surface area contributed by atoms with Gasteiger partial charge in [0.05, 0.1) is 0 Å². The van der Waals surface area contributed by atoms with E-state index in [1.54, 1.807) is 0 Å². The Morgan fingerprint density at radius 1 is 1.61 bits per heavy atom. The first-order valence-electron chi connectivity index (χ1n) is 6.60. The lowest BCUT2D eigenvalue weighted by atomic mass is 9.83. The molecule has 0 radical (unpaired) electrons. The Morgan fingerprint density at radius 3 is 2.89 bits per heavy atom. The molecule has 100 valence electrons. The van der Waals surface area contributed by atoms with Gasteiger partial charge in [0.2, 0.25) is 0 Å². The Kier molecular flexibility index (Phi) is 3.71. The van der Waals surface area contributed by atoms with Gasteiger partial charge in [-0.25, -0.2) is 4.79 Å². The van der Waals surface area contributed by atoms with E-state index < -0.39 is 5.97 Å². The quantitative estimate of drug-likeness (QED) is 0.856. The first-order valence-corrected chi connectivity index (χ1v) is 6.60. The van der Waals surface area contributed by atoms with Gasteiger partial charge in [0.1, 0.15) is 0 Å². The topological polar surface area (TPSA) is 81.1 Å². The molecule has 0 saturated heterocycles. The predicted molar refractivity (Wildman–Crippen MR) is 68.9 cm³/mol. The van der Waals surface area contributed by atoms with Crippen molar-refractivity contribution in [3.05, 3.63) is 17.0 Å².